The molecule has 5 rings (SSSR count). The minimum atomic E-state index is 0.103. The van der Waals surface area contributed by atoms with E-state index in [1.165, 1.54) is 0 Å². The largest absolute Gasteiger partial charge is 0.493 e. The lowest BCUT2D eigenvalue weighted by atomic mass is 10.2. The number of nitrogens with zero attached hydrogens (tertiary/aromatic N) is 3. The number of hydrogen-bond acceptors (Lipinski definition) is 6. The maximum Gasteiger partial charge on any atom is 0.231 e. The van der Waals surface area contributed by atoms with E-state index in [0.717, 1.165) is 43.4 Å². The van der Waals surface area contributed by atoms with E-state index in [-0.39, 0.29) is 12.7 Å². The summed E-state index contributed by atoms with van der Waals surface area (Å²) in [6, 6.07) is 13.7. The molecule has 150 valence electrons. The number of fused-ring (bicyclic) bond motifs is 1. The zero-order chi connectivity index (χ0) is 20.0. The normalized spacial score (nSPS) is 15.7. The average molecular weight is 411 g/mol. The van der Waals surface area contributed by atoms with Gasteiger partial charge in [0.05, 0.1) is 24.6 Å². The molecule has 29 heavy (non-hydrogen) atoms. The van der Waals surface area contributed by atoms with E-state index in [9.17, 15) is 5.11 Å². The highest BCUT2D eigenvalue weighted by Crippen LogP contribution is 2.36. The Labute approximate surface area is 173 Å². The summed E-state index contributed by atoms with van der Waals surface area (Å²) in [7, 11) is 0. The maximum atomic E-state index is 10.8. The number of rotatable bonds is 3. The van der Waals surface area contributed by atoms with Gasteiger partial charge in [-0.1, -0.05) is 0 Å². The number of anilines is 1. The summed E-state index contributed by atoms with van der Waals surface area (Å²) < 4.78 is 20.3. The Hall–Kier alpha value is -2.97. The molecule has 0 amide bonds. The van der Waals surface area contributed by atoms with Crippen LogP contribution in [0.1, 0.15) is 5.69 Å². The molecule has 0 unspecified atom stereocenters. The van der Waals surface area contributed by atoms with Crippen LogP contribution in [0.25, 0.3) is 11.4 Å². The monoisotopic (exact) mass is 411 g/mol. The number of benzene rings is 2. The van der Waals surface area contributed by atoms with Crippen LogP contribution in [-0.4, -0.2) is 47.3 Å². The first-order chi connectivity index (χ1) is 14.1. The van der Waals surface area contributed by atoms with Gasteiger partial charge in [-0.05, 0) is 55.5 Å². The Morgan fingerprint density at radius 1 is 0.862 bits per heavy atom. The van der Waals surface area contributed by atoms with Crippen LogP contribution in [-0.2, 0) is 4.74 Å². The Bertz CT molecular complexity index is 1110. The highest BCUT2D eigenvalue weighted by Gasteiger charge is 2.20. The summed E-state index contributed by atoms with van der Waals surface area (Å²) in [5.74, 6) is 1.44. The van der Waals surface area contributed by atoms with Crippen LogP contribution >= 0.6 is 12.2 Å². The second-order valence-corrected chi connectivity index (χ2v) is 7.38. The van der Waals surface area contributed by atoms with Crippen LogP contribution in [0.15, 0.2) is 42.5 Å². The average Bonchev–Trinajstić information content (AvgIpc) is 3.31. The van der Waals surface area contributed by atoms with Crippen LogP contribution in [0.2, 0.25) is 0 Å². The fourth-order valence-corrected chi connectivity index (χ4v) is 4.23. The van der Waals surface area contributed by atoms with Crippen molar-refractivity contribution in [2.75, 3.05) is 38.0 Å². The number of hydrogen-bond donors (Lipinski definition) is 1. The van der Waals surface area contributed by atoms with Crippen LogP contribution < -0.4 is 14.4 Å². The first-order valence-corrected chi connectivity index (χ1v) is 9.91. The summed E-state index contributed by atoms with van der Waals surface area (Å²) in [4.78, 5) is 2.30. The zero-order valence-electron chi connectivity index (χ0n) is 16.0. The predicted octanol–water partition coefficient (Wildman–Crippen LogP) is 3.58. The molecule has 2 aliphatic heterocycles. The first kappa shape index (κ1) is 18.1. The quantitative estimate of drug-likeness (QED) is 0.665. The van der Waals surface area contributed by atoms with E-state index in [4.69, 9.17) is 26.4 Å². The van der Waals surface area contributed by atoms with Crippen molar-refractivity contribution < 1.29 is 19.3 Å². The lowest BCUT2D eigenvalue weighted by Crippen LogP contribution is -2.36. The van der Waals surface area contributed by atoms with E-state index in [2.05, 4.69) is 17.0 Å². The predicted molar refractivity (Wildman–Crippen MR) is 111 cm³/mol. The van der Waals surface area contributed by atoms with Gasteiger partial charge in [0.2, 0.25) is 12.7 Å². The molecule has 0 spiro atoms. The molecule has 3 heterocycles. The number of morpholine rings is 1. The SMILES string of the molecule is Cc1c(O)n(-c2ccc3c(c2)OCO3)c(=S)n1-c1ccc(N2CCOCC2)cc1. The molecule has 2 aliphatic rings. The van der Waals surface area contributed by atoms with Gasteiger partial charge in [-0.3, -0.25) is 9.13 Å². The molecule has 0 saturated carbocycles. The molecule has 0 radical (unpaired) electrons. The summed E-state index contributed by atoms with van der Waals surface area (Å²) in [6.07, 6.45) is 0. The molecule has 3 aromatic rings. The van der Waals surface area contributed by atoms with Crippen molar-refractivity contribution in [3.05, 3.63) is 52.9 Å². The first-order valence-electron chi connectivity index (χ1n) is 9.50. The van der Waals surface area contributed by atoms with Gasteiger partial charge >= 0.3 is 0 Å². The molecule has 1 saturated heterocycles. The molecule has 1 N–H and O–H groups in total. The minimum Gasteiger partial charge on any atom is -0.493 e. The highest BCUT2D eigenvalue weighted by molar-refractivity contribution is 7.71. The third-order valence-corrected chi connectivity index (χ3v) is 5.72. The second kappa shape index (κ2) is 7.13. The Balaban J connectivity index is 1.53. The third kappa shape index (κ3) is 3.04. The fraction of sp³-hybridized carbons (Fsp3) is 0.286. The van der Waals surface area contributed by atoms with Gasteiger partial charge in [0.1, 0.15) is 0 Å². The van der Waals surface area contributed by atoms with Crippen LogP contribution in [0.3, 0.4) is 0 Å². The number of aromatic nitrogens is 2. The topological polar surface area (TPSA) is 61.0 Å². The van der Waals surface area contributed by atoms with Crippen LogP contribution in [0, 0.1) is 11.7 Å². The summed E-state index contributed by atoms with van der Waals surface area (Å²) in [5, 5.41) is 10.8. The molecular weight excluding hydrogens is 390 g/mol. The summed E-state index contributed by atoms with van der Waals surface area (Å²) in [6.45, 7) is 5.32. The van der Waals surface area contributed by atoms with E-state index >= 15 is 0 Å². The summed E-state index contributed by atoms with van der Waals surface area (Å²) in [5.41, 5.74) is 3.45. The molecule has 0 aliphatic carbocycles. The second-order valence-electron chi connectivity index (χ2n) is 7.02. The van der Waals surface area contributed by atoms with E-state index in [1.54, 1.807) is 4.57 Å². The Kier molecular flexibility index (Phi) is 4.44. The van der Waals surface area contributed by atoms with Crippen molar-refractivity contribution in [3.63, 3.8) is 0 Å². The van der Waals surface area contributed by atoms with Gasteiger partial charge < -0.3 is 24.2 Å². The third-order valence-electron chi connectivity index (χ3n) is 5.35. The molecule has 0 bridgehead atoms. The molecule has 7 nitrogen and oxygen atoms in total. The van der Waals surface area contributed by atoms with Crippen molar-refractivity contribution in [1.29, 1.82) is 0 Å². The van der Waals surface area contributed by atoms with Gasteiger partial charge in [-0.25, -0.2) is 0 Å². The smallest absolute Gasteiger partial charge is 0.231 e. The van der Waals surface area contributed by atoms with E-state index < -0.39 is 0 Å². The van der Waals surface area contributed by atoms with Gasteiger partial charge in [-0.2, -0.15) is 0 Å². The lowest BCUT2D eigenvalue weighted by molar-refractivity contribution is 0.122. The van der Waals surface area contributed by atoms with Crippen LogP contribution in [0.4, 0.5) is 5.69 Å². The van der Waals surface area contributed by atoms with Crippen LogP contribution in [0.5, 0.6) is 17.4 Å². The van der Waals surface area contributed by atoms with Crippen molar-refractivity contribution in [2.45, 2.75) is 6.92 Å². The van der Waals surface area contributed by atoms with Crippen molar-refractivity contribution in [2.24, 2.45) is 0 Å². The number of aromatic hydroxyl groups is 1. The standard InChI is InChI=1S/C21H21N3O4S/c1-14-20(25)24(17-6-7-18-19(12-17)28-13-27-18)21(29)23(14)16-4-2-15(3-5-16)22-8-10-26-11-9-22/h2-7,12,25H,8-11,13H2,1H3. The van der Waals surface area contributed by atoms with Crippen molar-refractivity contribution >= 4 is 17.9 Å². The molecule has 1 aromatic heterocycles. The Morgan fingerprint density at radius 2 is 1.52 bits per heavy atom. The minimum absolute atomic E-state index is 0.103. The molecule has 0 atom stereocenters. The van der Waals surface area contributed by atoms with E-state index in [1.807, 2.05) is 41.8 Å². The van der Waals surface area contributed by atoms with Gasteiger partial charge in [0.25, 0.3) is 0 Å². The fourth-order valence-electron chi connectivity index (χ4n) is 3.79. The van der Waals surface area contributed by atoms with Gasteiger partial charge in [0, 0.05) is 30.5 Å². The molecule has 1 fully saturated rings. The van der Waals surface area contributed by atoms with Gasteiger partial charge in [0.15, 0.2) is 16.3 Å². The van der Waals surface area contributed by atoms with Crippen molar-refractivity contribution in [1.82, 2.24) is 9.13 Å². The molecule has 8 heteroatoms. The highest BCUT2D eigenvalue weighted by atomic mass is 32.1. The number of ether oxygens (including phenoxy) is 3. The summed E-state index contributed by atoms with van der Waals surface area (Å²) >= 11 is 5.72. The van der Waals surface area contributed by atoms with Gasteiger partial charge in [-0.15, -0.1) is 0 Å². The maximum absolute atomic E-state index is 10.8. The van der Waals surface area contributed by atoms with E-state index in [0.29, 0.717) is 22.0 Å². The zero-order valence-corrected chi connectivity index (χ0v) is 16.8. The molecular formula is C21H21N3O4S. The lowest BCUT2D eigenvalue weighted by Gasteiger charge is -2.29. The molecule has 2 aromatic carbocycles. The Morgan fingerprint density at radius 3 is 2.28 bits per heavy atom. The number of imidazole rings is 1. The van der Waals surface area contributed by atoms with Crippen molar-refractivity contribution in [3.8, 4) is 28.8 Å².